The average molecular weight is 497 g/mol. The first kappa shape index (κ1) is 25.6. The molecule has 1 aliphatic rings. The first-order valence-corrected chi connectivity index (χ1v) is 16.6. The molecule has 0 N–H and O–H groups in total. The number of pyridine rings is 1. The van der Waals surface area contributed by atoms with Crippen LogP contribution in [-0.4, -0.2) is 46.1 Å². The molecule has 0 aliphatic heterocycles. The summed E-state index contributed by atoms with van der Waals surface area (Å²) < 4.78 is 15.9. The van der Waals surface area contributed by atoms with E-state index in [0.29, 0.717) is 25.0 Å². The Morgan fingerprint density at radius 1 is 1.20 bits per heavy atom. The zero-order valence-corrected chi connectivity index (χ0v) is 23.1. The van der Waals surface area contributed by atoms with E-state index < -0.39 is 8.07 Å². The fourth-order valence-electron chi connectivity index (χ4n) is 4.81. The van der Waals surface area contributed by atoms with Gasteiger partial charge in [0.15, 0.2) is 0 Å². The van der Waals surface area contributed by atoms with E-state index in [0.717, 1.165) is 54.3 Å². The lowest BCUT2D eigenvalue weighted by Gasteiger charge is -2.17. The largest absolute Gasteiger partial charge is 0.462 e. The third kappa shape index (κ3) is 6.41. The second-order valence-corrected chi connectivity index (χ2v) is 17.2. The smallest absolute Gasteiger partial charge is 0.306 e. The highest BCUT2D eigenvalue weighted by Crippen LogP contribution is 2.38. The van der Waals surface area contributed by atoms with Crippen molar-refractivity contribution in [2.45, 2.75) is 84.0 Å². The molecule has 8 heteroatoms. The third-order valence-corrected chi connectivity index (χ3v) is 8.49. The molecule has 1 saturated carbocycles. The van der Waals surface area contributed by atoms with Gasteiger partial charge in [-0.2, -0.15) is 5.10 Å². The highest BCUT2D eigenvalue weighted by molar-refractivity contribution is 6.76. The van der Waals surface area contributed by atoms with Crippen LogP contribution in [0.4, 0.5) is 0 Å². The predicted octanol–water partition coefficient (Wildman–Crippen LogP) is 5.97. The molecule has 0 aromatic carbocycles. The van der Waals surface area contributed by atoms with Crippen LogP contribution in [0.2, 0.25) is 25.7 Å². The molecule has 3 aromatic heterocycles. The van der Waals surface area contributed by atoms with Crippen molar-refractivity contribution in [1.82, 2.24) is 19.3 Å². The second kappa shape index (κ2) is 10.7. The molecule has 7 nitrogen and oxygen atoms in total. The Labute approximate surface area is 209 Å². The number of carbonyl (C=O) groups is 1. The van der Waals surface area contributed by atoms with E-state index >= 15 is 0 Å². The summed E-state index contributed by atoms with van der Waals surface area (Å²) in [4.78, 5) is 17.0. The molecule has 0 radical (unpaired) electrons. The van der Waals surface area contributed by atoms with Gasteiger partial charge in [0.1, 0.15) is 18.5 Å². The summed E-state index contributed by atoms with van der Waals surface area (Å²) in [6.45, 7) is 12.4. The minimum absolute atomic E-state index is 0.0105. The van der Waals surface area contributed by atoms with E-state index in [1.54, 1.807) is 0 Å². The molecule has 190 valence electrons. The SMILES string of the molecule is CC(C)CC(=O)O[C@@H]1CC[C@H](c2cnc3c(c2)cc(-c2ccnn2C)n3COCC[Si](C)(C)C)C1. The van der Waals surface area contributed by atoms with Gasteiger partial charge in [-0.25, -0.2) is 4.98 Å². The number of hydrogen-bond acceptors (Lipinski definition) is 5. The van der Waals surface area contributed by atoms with Gasteiger partial charge in [-0.1, -0.05) is 33.5 Å². The molecule has 4 rings (SSSR count). The predicted molar refractivity (Wildman–Crippen MR) is 142 cm³/mol. The summed E-state index contributed by atoms with van der Waals surface area (Å²) in [7, 11) is 0.809. The van der Waals surface area contributed by atoms with Crippen molar-refractivity contribution < 1.29 is 14.3 Å². The molecule has 1 aliphatic carbocycles. The first-order valence-electron chi connectivity index (χ1n) is 12.9. The van der Waals surface area contributed by atoms with Gasteiger partial charge in [0.2, 0.25) is 0 Å². The van der Waals surface area contributed by atoms with Crippen LogP contribution in [0.5, 0.6) is 0 Å². The molecular formula is C27H40N4O3Si. The highest BCUT2D eigenvalue weighted by atomic mass is 28.3. The van der Waals surface area contributed by atoms with Crippen LogP contribution in [0.25, 0.3) is 22.4 Å². The van der Waals surface area contributed by atoms with Crippen LogP contribution in [0.15, 0.2) is 30.6 Å². The zero-order chi connectivity index (χ0) is 25.2. The lowest BCUT2D eigenvalue weighted by atomic mass is 9.98. The summed E-state index contributed by atoms with van der Waals surface area (Å²) in [5, 5.41) is 5.47. The van der Waals surface area contributed by atoms with Gasteiger partial charge in [-0.15, -0.1) is 0 Å². The van der Waals surface area contributed by atoms with Crippen LogP contribution in [0.1, 0.15) is 51.0 Å². The van der Waals surface area contributed by atoms with Crippen LogP contribution in [0, 0.1) is 5.92 Å². The van der Waals surface area contributed by atoms with Gasteiger partial charge in [0.25, 0.3) is 0 Å². The summed E-state index contributed by atoms with van der Waals surface area (Å²) in [5.41, 5.74) is 4.24. The Morgan fingerprint density at radius 3 is 2.69 bits per heavy atom. The summed E-state index contributed by atoms with van der Waals surface area (Å²) in [6, 6.07) is 7.61. The van der Waals surface area contributed by atoms with E-state index in [2.05, 4.69) is 41.4 Å². The summed E-state index contributed by atoms with van der Waals surface area (Å²) >= 11 is 0. The van der Waals surface area contributed by atoms with Crippen molar-refractivity contribution in [3.63, 3.8) is 0 Å². The van der Waals surface area contributed by atoms with Crippen molar-refractivity contribution >= 4 is 25.1 Å². The number of aryl methyl sites for hydroxylation is 1. The van der Waals surface area contributed by atoms with Crippen molar-refractivity contribution in [2.24, 2.45) is 13.0 Å². The van der Waals surface area contributed by atoms with Crippen LogP contribution < -0.4 is 0 Å². The molecule has 3 heterocycles. The van der Waals surface area contributed by atoms with Gasteiger partial charge in [0.05, 0.1) is 11.4 Å². The minimum atomic E-state index is -1.15. The Hall–Kier alpha value is -2.45. The minimum Gasteiger partial charge on any atom is -0.462 e. The van der Waals surface area contributed by atoms with Gasteiger partial charge in [-0.05, 0) is 60.9 Å². The number of rotatable bonds is 10. The van der Waals surface area contributed by atoms with Gasteiger partial charge in [-0.3, -0.25) is 14.0 Å². The van der Waals surface area contributed by atoms with Crippen molar-refractivity contribution in [1.29, 1.82) is 0 Å². The third-order valence-electron chi connectivity index (χ3n) is 6.78. The van der Waals surface area contributed by atoms with Gasteiger partial charge < -0.3 is 9.47 Å². The maximum absolute atomic E-state index is 12.1. The van der Waals surface area contributed by atoms with Crippen LogP contribution in [0.3, 0.4) is 0 Å². The van der Waals surface area contributed by atoms with E-state index in [9.17, 15) is 4.79 Å². The highest BCUT2D eigenvalue weighted by Gasteiger charge is 2.29. The van der Waals surface area contributed by atoms with Crippen LogP contribution >= 0.6 is 0 Å². The van der Waals surface area contributed by atoms with E-state index in [-0.39, 0.29) is 12.1 Å². The summed E-state index contributed by atoms with van der Waals surface area (Å²) in [6.07, 6.45) is 7.11. The number of fused-ring (bicyclic) bond motifs is 1. The van der Waals surface area contributed by atoms with Gasteiger partial charge in [0, 0.05) is 45.9 Å². The Kier molecular flexibility index (Phi) is 7.81. The van der Waals surface area contributed by atoms with Crippen molar-refractivity contribution in [2.75, 3.05) is 6.61 Å². The maximum Gasteiger partial charge on any atom is 0.306 e. The fourth-order valence-corrected chi connectivity index (χ4v) is 5.56. The molecule has 0 amide bonds. The average Bonchev–Trinajstić information content (AvgIpc) is 3.48. The lowest BCUT2D eigenvalue weighted by molar-refractivity contribution is -0.149. The molecular weight excluding hydrogens is 456 g/mol. The number of ether oxygens (including phenoxy) is 2. The van der Waals surface area contributed by atoms with Crippen molar-refractivity contribution in [3.8, 4) is 11.4 Å². The molecule has 2 atom stereocenters. The lowest BCUT2D eigenvalue weighted by Crippen LogP contribution is -2.22. The molecule has 35 heavy (non-hydrogen) atoms. The van der Waals surface area contributed by atoms with E-state index in [4.69, 9.17) is 14.5 Å². The molecule has 1 fully saturated rings. The molecule has 0 unspecified atom stereocenters. The van der Waals surface area contributed by atoms with Crippen molar-refractivity contribution in [3.05, 3.63) is 36.2 Å². The Morgan fingerprint density at radius 2 is 2.00 bits per heavy atom. The number of carbonyl (C=O) groups excluding carboxylic acids is 1. The number of aromatic nitrogens is 4. The Bertz CT molecular complexity index is 1160. The second-order valence-electron chi connectivity index (χ2n) is 11.5. The number of esters is 1. The monoisotopic (exact) mass is 496 g/mol. The zero-order valence-electron chi connectivity index (χ0n) is 22.1. The normalized spacial score (nSPS) is 18.6. The Balaban J connectivity index is 1.54. The molecule has 0 bridgehead atoms. The number of nitrogens with zero attached hydrogens (tertiary/aromatic N) is 4. The number of hydrogen-bond donors (Lipinski definition) is 0. The fraction of sp³-hybridized carbons (Fsp3) is 0.593. The first-order chi connectivity index (χ1) is 16.6. The molecule has 0 spiro atoms. The topological polar surface area (TPSA) is 71.2 Å². The summed E-state index contributed by atoms with van der Waals surface area (Å²) in [5.74, 6) is 0.606. The molecule has 3 aromatic rings. The van der Waals surface area contributed by atoms with Gasteiger partial charge >= 0.3 is 5.97 Å². The van der Waals surface area contributed by atoms with Crippen LogP contribution in [-0.2, 0) is 28.0 Å². The standard InChI is InChI=1S/C27H40N4O3Si/c1-19(2)13-26(32)34-23-8-7-20(15-23)22-14-21-16-25(24-9-10-29-30(24)3)31(27(21)28-17-22)18-33-11-12-35(4,5)6/h9-10,14,16-17,19-20,23H,7-8,11-13,15,18H2,1-6H3/t20-,23+/m0/s1. The molecule has 0 saturated heterocycles. The maximum atomic E-state index is 12.1. The van der Waals surface area contributed by atoms with E-state index in [1.165, 1.54) is 5.56 Å². The van der Waals surface area contributed by atoms with E-state index in [1.807, 2.05) is 44.0 Å². The quantitative estimate of drug-likeness (QED) is 0.196.